The molecule has 0 spiro atoms. The van der Waals surface area contributed by atoms with E-state index >= 15 is 0 Å². The van der Waals surface area contributed by atoms with Crippen molar-refractivity contribution in [1.29, 1.82) is 0 Å². The predicted octanol–water partition coefficient (Wildman–Crippen LogP) is 6.08. The molecule has 0 unspecified atom stereocenters. The van der Waals surface area contributed by atoms with Crippen molar-refractivity contribution >= 4 is 17.3 Å². The smallest absolute Gasteiger partial charge is 0.305 e. The number of hydrogen-bond acceptors (Lipinski definition) is 6. The lowest BCUT2D eigenvalue weighted by atomic mass is 10.1. The SMILES string of the molecule is CCOc1ccc(F)c(N2CCC(Oc3ccc(N4C[C@H](Oc5ccccc5C)C[C@@H]4CC(=O)O)cc3)CC2)c1. The molecule has 5 rings (SSSR count). The molecule has 0 saturated carbocycles. The van der Waals surface area contributed by atoms with Gasteiger partial charge < -0.3 is 29.1 Å². The molecule has 7 nitrogen and oxygen atoms in total. The van der Waals surface area contributed by atoms with Gasteiger partial charge in [0, 0.05) is 50.1 Å². The maximum absolute atomic E-state index is 14.5. The first-order valence-corrected chi connectivity index (χ1v) is 14.0. The van der Waals surface area contributed by atoms with E-state index in [2.05, 4.69) is 4.90 Å². The third-order valence-corrected chi connectivity index (χ3v) is 7.66. The van der Waals surface area contributed by atoms with E-state index in [9.17, 15) is 14.3 Å². The van der Waals surface area contributed by atoms with Crippen molar-refractivity contribution in [2.45, 2.75) is 57.8 Å². The Morgan fingerprint density at radius 3 is 2.40 bits per heavy atom. The summed E-state index contributed by atoms with van der Waals surface area (Å²) in [5.41, 5.74) is 2.58. The molecule has 2 fully saturated rings. The Bertz CT molecular complexity index is 1290. The van der Waals surface area contributed by atoms with Gasteiger partial charge >= 0.3 is 5.97 Å². The zero-order valence-electron chi connectivity index (χ0n) is 23.1. The number of aliphatic carboxylic acids is 1. The Hall–Kier alpha value is -3.94. The van der Waals surface area contributed by atoms with Gasteiger partial charge in [0.05, 0.1) is 25.3 Å². The van der Waals surface area contributed by atoms with Crippen LogP contribution < -0.4 is 24.0 Å². The molecule has 212 valence electrons. The molecule has 8 heteroatoms. The number of aryl methyl sites for hydroxylation is 1. The Morgan fingerprint density at radius 1 is 0.975 bits per heavy atom. The van der Waals surface area contributed by atoms with Crippen molar-refractivity contribution in [3.8, 4) is 17.2 Å². The van der Waals surface area contributed by atoms with E-state index in [0.717, 1.165) is 35.6 Å². The quantitative estimate of drug-likeness (QED) is 0.329. The third kappa shape index (κ3) is 6.61. The Labute approximate surface area is 235 Å². The maximum Gasteiger partial charge on any atom is 0.305 e. The summed E-state index contributed by atoms with van der Waals surface area (Å²) in [5, 5.41) is 9.51. The molecule has 3 aromatic rings. The zero-order chi connectivity index (χ0) is 28.1. The van der Waals surface area contributed by atoms with Crippen LogP contribution >= 0.6 is 0 Å². The Kier molecular flexibility index (Phi) is 8.63. The number of hydrogen-bond donors (Lipinski definition) is 1. The molecule has 0 aliphatic carbocycles. The number of halogens is 1. The largest absolute Gasteiger partial charge is 0.494 e. The van der Waals surface area contributed by atoms with E-state index in [1.54, 1.807) is 12.1 Å². The second-order valence-corrected chi connectivity index (χ2v) is 10.5. The van der Waals surface area contributed by atoms with E-state index in [1.807, 2.05) is 67.3 Å². The minimum absolute atomic E-state index is 0.0404. The van der Waals surface area contributed by atoms with Gasteiger partial charge in [0.25, 0.3) is 0 Å². The molecule has 40 heavy (non-hydrogen) atoms. The molecule has 0 amide bonds. The molecule has 0 bridgehead atoms. The third-order valence-electron chi connectivity index (χ3n) is 7.66. The number of ether oxygens (including phenoxy) is 3. The monoisotopic (exact) mass is 548 g/mol. The van der Waals surface area contributed by atoms with Crippen LogP contribution in [0.4, 0.5) is 15.8 Å². The molecule has 2 aliphatic rings. The van der Waals surface area contributed by atoms with Crippen molar-refractivity contribution in [3.05, 3.63) is 78.1 Å². The van der Waals surface area contributed by atoms with Crippen LogP contribution in [0.5, 0.6) is 17.2 Å². The highest BCUT2D eigenvalue weighted by Crippen LogP contribution is 2.33. The van der Waals surface area contributed by atoms with Gasteiger partial charge in [-0.05, 0) is 61.9 Å². The highest BCUT2D eigenvalue weighted by molar-refractivity contribution is 5.69. The first-order chi connectivity index (χ1) is 19.4. The first-order valence-electron chi connectivity index (χ1n) is 14.0. The van der Waals surface area contributed by atoms with Crippen molar-refractivity contribution < 1.29 is 28.5 Å². The number of rotatable bonds is 10. The molecular formula is C32H37FN2O5. The van der Waals surface area contributed by atoms with Gasteiger partial charge in [-0.2, -0.15) is 0 Å². The molecule has 2 saturated heterocycles. The second kappa shape index (κ2) is 12.5. The predicted molar refractivity (Wildman–Crippen MR) is 153 cm³/mol. The van der Waals surface area contributed by atoms with Crippen molar-refractivity contribution in [2.24, 2.45) is 0 Å². The van der Waals surface area contributed by atoms with E-state index in [0.29, 0.717) is 44.1 Å². The average Bonchev–Trinajstić information content (AvgIpc) is 3.33. The van der Waals surface area contributed by atoms with Crippen LogP contribution in [0.2, 0.25) is 0 Å². The van der Waals surface area contributed by atoms with Gasteiger partial charge in [0.2, 0.25) is 0 Å². The zero-order valence-corrected chi connectivity index (χ0v) is 23.1. The molecule has 2 heterocycles. The number of para-hydroxylation sites is 1. The van der Waals surface area contributed by atoms with Crippen LogP contribution in [0, 0.1) is 12.7 Å². The highest BCUT2D eigenvalue weighted by Gasteiger charge is 2.35. The van der Waals surface area contributed by atoms with E-state index in [4.69, 9.17) is 14.2 Å². The minimum atomic E-state index is -0.817. The average molecular weight is 549 g/mol. The number of piperidine rings is 1. The highest BCUT2D eigenvalue weighted by atomic mass is 19.1. The van der Waals surface area contributed by atoms with Crippen LogP contribution in [0.15, 0.2) is 66.7 Å². The topological polar surface area (TPSA) is 71.5 Å². The van der Waals surface area contributed by atoms with Crippen LogP contribution in [0.25, 0.3) is 0 Å². The van der Waals surface area contributed by atoms with Crippen LogP contribution in [-0.4, -0.2) is 55.6 Å². The number of benzene rings is 3. The number of carboxylic acid groups (broad SMARTS) is 1. The Morgan fingerprint density at radius 2 is 1.70 bits per heavy atom. The standard InChI is InChI=1S/C32H37FN2O5/c1-3-38-27-12-13-29(33)30(20-27)34-16-14-26(15-17-34)39-25-10-8-23(9-11-25)35-21-28(18-24(35)19-32(36)37)40-31-7-5-4-6-22(31)2/h4-13,20,24,26,28H,3,14-19,21H2,1-2H3,(H,36,37)/t24-,28-/m1/s1. The van der Waals surface area contributed by atoms with Crippen molar-refractivity contribution in [1.82, 2.24) is 0 Å². The second-order valence-electron chi connectivity index (χ2n) is 10.5. The lowest BCUT2D eigenvalue weighted by Gasteiger charge is -2.34. The van der Waals surface area contributed by atoms with Crippen LogP contribution in [0.1, 0.15) is 38.2 Å². The number of carbonyl (C=O) groups is 1. The van der Waals surface area contributed by atoms with Gasteiger partial charge in [-0.1, -0.05) is 18.2 Å². The van der Waals surface area contributed by atoms with Gasteiger partial charge in [-0.15, -0.1) is 0 Å². The number of nitrogens with zero attached hydrogens (tertiary/aromatic N) is 2. The molecular weight excluding hydrogens is 511 g/mol. The van der Waals surface area contributed by atoms with Gasteiger partial charge in [-0.3, -0.25) is 4.79 Å². The molecule has 0 aromatic heterocycles. The summed E-state index contributed by atoms with van der Waals surface area (Å²) in [5.74, 6) is 1.22. The van der Waals surface area contributed by atoms with Gasteiger partial charge in [0.1, 0.15) is 35.3 Å². The molecule has 1 N–H and O–H groups in total. The molecule has 2 atom stereocenters. The lowest BCUT2D eigenvalue weighted by molar-refractivity contribution is -0.137. The molecule has 3 aromatic carbocycles. The van der Waals surface area contributed by atoms with Crippen LogP contribution in [-0.2, 0) is 4.79 Å². The first kappa shape index (κ1) is 27.6. The summed E-state index contributed by atoms with van der Waals surface area (Å²) in [7, 11) is 0. The lowest BCUT2D eigenvalue weighted by Crippen LogP contribution is -2.38. The minimum Gasteiger partial charge on any atom is -0.494 e. The van der Waals surface area contributed by atoms with E-state index < -0.39 is 5.97 Å². The Balaban J connectivity index is 1.19. The summed E-state index contributed by atoms with van der Waals surface area (Å²) in [6.45, 7) is 6.48. The summed E-state index contributed by atoms with van der Waals surface area (Å²) < 4.78 is 32.6. The maximum atomic E-state index is 14.5. The normalized spacial score (nSPS) is 19.5. The summed E-state index contributed by atoms with van der Waals surface area (Å²) in [4.78, 5) is 15.8. The fourth-order valence-electron chi connectivity index (χ4n) is 5.65. The van der Waals surface area contributed by atoms with Crippen molar-refractivity contribution in [3.63, 3.8) is 0 Å². The fourth-order valence-corrected chi connectivity index (χ4v) is 5.65. The number of carboxylic acids is 1. The number of anilines is 2. The summed E-state index contributed by atoms with van der Waals surface area (Å²) in [6, 6.07) is 20.5. The van der Waals surface area contributed by atoms with Crippen molar-refractivity contribution in [2.75, 3.05) is 36.0 Å². The molecule has 0 radical (unpaired) electrons. The van der Waals surface area contributed by atoms with Gasteiger partial charge in [0.15, 0.2) is 0 Å². The fraction of sp³-hybridized carbons (Fsp3) is 0.406. The summed E-state index contributed by atoms with van der Waals surface area (Å²) in [6.07, 6.45) is 2.21. The van der Waals surface area contributed by atoms with E-state index in [-0.39, 0.29) is 30.5 Å². The summed E-state index contributed by atoms with van der Waals surface area (Å²) >= 11 is 0. The molecule has 2 aliphatic heterocycles. The van der Waals surface area contributed by atoms with Gasteiger partial charge in [-0.25, -0.2) is 4.39 Å². The van der Waals surface area contributed by atoms with Crippen LogP contribution in [0.3, 0.4) is 0 Å². The van der Waals surface area contributed by atoms with E-state index in [1.165, 1.54) is 6.07 Å².